The summed E-state index contributed by atoms with van der Waals surface area (Å²) in [5.74, 6) is -0.115. The molecule has 172 valence electrons. The normalized spacial score (nSPS) is 13.6. The molecule has 2 heterocycles. The maximum absolute atomic E-state index is 12.4. The molecule has 7 heteroatoms. The van der Waals surface area contributed by atoms with E-state index in [4.69, 9.17) is 16.1 Å². The zero-order valence-electron chi connectivity index (χ0n) is 19.7. The Bertz CT molecular complexity index is 1200. The summed E-state index contributed by atoms with van der Waals surface area (Å²) >= 11 is 0. The number of aryl methyl sites for hydroxylation is 1. The minimum absolute atomic E-state index is 0.115. The first-order valence-electron chi connectivity index (χ1n) is 11.6. The standard InChI is InChI=1S/C26H32N6O/c1-16(27)23-20(28)10-12-21-24(23)18-7-5-4-6-8-19(18)25(31-21)22-11-9-17(15-30-22)26(33)29-13-14-32(2)3/h9-12,15,27H,4-8,13-14,28H2,1-3H3,(H,29,33)/p+1. The molecule has 4 rings (SSSR count). The first-order chi connectivity index (χ1) is 15.9. The summed E-state index contributed by atoms with van der Waals surface area (Å²) in [5, 5.41) is 10.3. The highest BCUT2D eigenvalue weighted by Gasteiger charge is 2.23. The molecule has 0 atom stereocenters. The molecule has 1 aliphatic carbocycles. The van der Waals surface area contributed by atoms with Gasteiger partial charge >= 0.3 is 0 Å². The van der Waals surface area contributed by atoms with Gasteiger partial charge in [0.05, 0.1) is 28.0 Å². The first kappa shape index (κ1) is 22.9. The van der Waals surface area contributed by atoms with Crippen LogP contribution in [-0.4, -0.2) is 53.7 Å². The van der Waals surface area contributed by atoms with Gasteiger partial charge in [-0.1, -0.05) is 6.42 Å². The first-order valence-corrected chi connectivity index (χ1v) is 11.6. The van der Waals surface area contributed by atoms with Crippen LogP contribution in [0.4, 0.5) is 5.69 Å². The van der Waals surface area contributed by atoms with Crippen LogP contribution in [0.1, 0.15) is 53.2 Å². The summed E-state index contributed by atoms with van der Waals surface area (Å²) in [6.07, 6.45) is 6.97. The van der Waals surface area contributed by atoms with E-state index in [0.717, 1.165) is 60.1 Å². The highest BCUT2D eigenvalue weighted by Crippen LogP contribution is 2.36. The summed E-state index contributed by atoms with van der Waals surface area (Å²) in [5.41, 5.74) is 14.2. The van der Waals surface area contributed by atoms with E-state index in [0.29, 0.717) is 23.5 Å². The lowest BCUT2D eigenvalue weighted by atomic mass is 9.90. The predicted molar refractivity (Wildman–Crippen MR) is 133 cm³/mol. The van der Waals surface area contributed by atoms with Crippen molar-refractivity contribution >= 4 is 28.2 Å². The molecule has 33 heavy (non-hydrogen) atoms. The Balaban J connectivity index is 1.77. The Kier molecular flexibility index (Phi) is 6.70. The molecule has 0 fully saturated rings. The number of pyridine rings is 2. The smallest absolute Gasteiger partial charge is 0.252 e. The average molecular weight is 446 g/mol. The summed E-state index contributed by atoms with van der Waals surface area (Å²) in [6.45, 7) is 3.28. The molecule has 2 aromatic heterocycles. The number of amides is 1. The molecule has 0 aliphatic heterocycles. The quantitative estimate of drug-likeness (QED) is 0.305. The van der Waals surface area contributed by atoms with Gasteiger partial charge in [0.25, 0.3) is 5.91 Å². The van der Waals surface area contributed by atoms with Gasteiger partial charge < -0.3 is 16.0 Å². The van der Waals surface area contributed by atoms with E-state index in [1.807, 2.05) is 50.2 Å². The van der Waals surface area contributed by atoms with Crippen LogP contribution in [0.2, 0.25) is 0 Å². The van der Waals surface area contributed by atoms with Gasteiger partial charge in [0.2, 0.25) is 0 Å². The lowest BCUT2D eigenvalue weighted by molar-refractivity contribution is -0.113. The largest absolute Gasteiger partial charge is 0.398 e. The molecule has 0 saturated carbocycles. The van der Waals surface area contributed by atoms with Crippen molar-refractivity contribution in [2.75, 3.05) is 32.9 Å². The summed E-state index contributed by atoms with van der Waals surface area (Å²) in [7, 11) is 3.96. The number of fused-ring (bicyclic) bond motifs is 3. The number of carbonyl (C=O) groups excluding carboxylic acids is 1. The summed E-state index contributed by atoms with van der Waals surface area (Å²) in [4.78, 5) is 24.2. The number of hydrogen-bond donors (Lipinski definition) is 3. The second kappa shape index (κ2) is 9.67. The lowest BCUT2D eigenvalue weighted by Gasteiger charge is -2.17. The van der Waals surface area contributed by atoms with Gasteiger partial charge in [0.15, 0.2) is 5.71 Å². The van der Waals surface area contributed by atoms with Crippen molar-refractivity contribution in [3.63, 3.8) is 0 Å². The number of aromatic nitrogens is 2. The molecule has 0 spiro atoms. The van der Waals surface area contributed by atoms with E-state index in [1.165, 1.54) is 17.5 Å². The number of nitrogens with two attached hydrogens (primary N) is 2. The maximum Gasteiger partial charge on any atom is 0.252 e. The van der Waals surface area contributed by atoms with Crippen molar-refractivity contribution in [2.45, 2.75) is 39.0 Å². The van der Waals surface area contributed by atoms with Crippen molar-refractivity contribution in [3.05, 3.63) is 52.7 Å². The van der Waals surface area contributed by atoms with Crippen LogP contribution in [0.5, 0.6) is 0 Å². The van der Waals surface area contributed by atoms with E-state index in [-0.39, 0.29) is 5.91 Å². The van der Waals surface area contributed by atoms with Gasteiger partial charge in [-0.3, -0.25) is 15.2 Å². The van der Waals surface area contributed by atoms with E-state index in [1.54, 1.807) is 6.20 Å². The summed E-state index contributed by atoms with van der Waals surface area (Å²) < 4.78 is 0. The van der Waals surface area contributed by atoms with Crippen molar-refractivity contribution in [2.24, 2.45) is 0 Å². The molecule has 0 bridgehead atoms. The number of hydrogen-bond acceptors (Lipinski definition) is 5. The number of nitrogens with one attached hydrogen (secondary N) is 1. The molecule has 0 saturated heterocycles. The average Bonchev–Trinajstić information content (AvgIpc) is 3.04. The van der Waals surface area contributed by atoms with E-state index in [9.17, 15) is 4.79 Å². The molecule has 1 aliphatic rings. The zero-order chi connectivity index (χ0) is 23.5. The molecule has 0 radical (unpaired) electrons. The number of benzene rings is 1. The third-order valence-corrected chi connectivity index (χ3v) is 6.26. The topological polar surface area (TPSA) is 110 Å². The lowest BCUT2D eigenvalue weighted by Crippen LogP contribution is -2.38. The van der Waals surface area contributed by atoms with Crippen LogP contribution in [0, 0.1) is 0 Å². The highest BCUT2D eigenvalue weighted by atomic mass is 16.1. The number of anilines is 1. The molecule has 5 N–H and O–H groups in total. The predicted octanol–water partition coefficient (Wildman–Crippen LogP) is 2.01. The van der Waals surface area contributed by atoms with Crippen LogP contribution >= 0.6 is 0 Å². The van der Waals surface area contributed by atoms with E-state index in [2.05, 4.69) is 10.3 Å². The van der Waals surface area contributed by atoms with Gasteiger partial charge in [-0.2, -0.15) is 0 Å². The molecule has 0 unspecified atom stereocenters. The van der Waals surface area contributed by atoms with Gasteiger partial charge in [-0.15, -0.1) is 0 Å². The Morgan fingerprint density at radius 3 is 2.55 bits per heavy atom. The van der Waals surface area contributed by atoms with Crippen molar-refractivity contribution in [1.29, 1.82) is 0 Å². The van der Waals surface area contributed by atoms with Gasteiger partial charge in [-0.05, 0) is 75.2 Å². The van der Waals surface area contributed by atoms with Crippen molar-refractivity contribution in [3.8, 4) is 11.4 Å². The van der Waals surface area contributed by atoms with E-state index >= 15 is 0 Å². The monoisotopic (exact) mass is 445 g/mol. The number of rotatable bonds is 6. The Labute approximate surface area is 194 Å². The minimum Gasteiger partial charge on any atom is -0.398 e. The number of nitrogens with zero attached hydrogens (tertiary/aromatic N) is 3. The third kappa shape index (κ3) is 4.73. The van der Waals surface area contributed by atoms with Crippen molar-refractivity contribution in [1.82, 2.24) is 20.2 Å². The Morgan fingerprint density at radius 2 is 1.88 bits per heavy atom. The molecular formula is C26H33N6O+. The highest BCUT2D eigenvalue weighted by molar-refractivity contribution is 6.12. The van der Waals surface area contributed by atoms with E-state index < -0.39 is 0 Å². The van der Waals surface area contributed by atoms with Crippen LogP contribution in [-0.2, 0) is 12.8 Å². The Morgan fingerprint density at radius 1 is 1.12 bits per heavy atom. The zero-order valence-corrected chi connectivity index (χ0v) is 19.7. The third-order valence-electron chi connectivity index (χ3n) is 6.26. The van der Waals surface area contributed by atoms with Gasteiger partial charge in [0, 0.05) is 37.3 Å². The summed E-state index contributed by atoms with van der Waals surface area (Å²) in [6, 6.07) is 7.58. The fourth-order valence-electron chi connectivity index (χ4n) is 4.61. The second-order valence-corrected chi connectivity index (χ2v) is 9.08. The molecule has 1 aromatic carbocycles. The number of likely N-dealkylation sites (N-methyl/N-ethyl adjacent to an activating group) is 1. The molecular weight excluding hydrogens is 412 g/mol. The molecule has 7 nitrogen and oxygen atoms in total. The number of nitrogen functional groups attached to an aromatic ring is 1. The van der Waals surface area contributed by atoms with Crippen molar-refractivity contribution < 1.29 is 10.2 Å². The van der Waals surface area contributed by atoms with Crippen LogP contribution in [0.15, 0.2) is 30.5 Å². The van der Waals surface area contributed by atoms with Gasteiger partial charge in [0.1, 0.15) is 0 Å². The SMILES string of the molecule is CC(=[NH2+])c1c(N)ccc2nc(-c3ccc(C(=O)NCCN(C)C)cn3)c3c(c12)CCCCC3. The second-order valence-electron chi connectivity index (χ2n) is 9.08. The number of carbonyl (C=O) groups is 1. The molecule has 1 amide bonds. The van der Waals surface area contributed by atoms with Crippen LogP contribution in [0.3, 0.4) is 0 Å². The fraction of sp³-hybridized carbons (Fsp3) is 0.385. The van der Waals surface area contributed by atoms with Crippen LogP contribution in [0.25, 0.3) is 22.3 Å². The Hall–Kier alpha value is -3.32. The van der Waals surface area contributed by atoms with Gasteiger partial charge in [-0.25, -0.2) is 4.98 Å². The maximum atomic E-state index is 12.4. The fourth-order valence-corrected chi connectivity index (χ4v) is 4.61. The minimum atomic E-state index is -0.115. The molecule has 3 aromatic rings. The van der Waals surface area contributed by atoms with Crippen LogP contribution < -0.4 is 16.5 Å².